The smallest absolute Gasteiger partial charge is 0.302 e. The molecule has 1 amide bonds. The van der Waals surface area contributed by atoms with Gasteiger partial charge in [0.15, 0.2) is 5.78 Å². The lowest BCUT2D eigenvalue weighted by atomic mass is 9.82. The molecule has 2 heterocycles. The number of rotatable bonds is 3. The molecule has 2 aromatic rings. The van der Waals surface area contributed by atoms with Gasteiger partial charge in [-0.25, -0.2) is 0 Å². The van der Waals surface area contributed by atoms with Gasteiger partial charge in [0.25, 0.3) is 5.91 Å². The number of aromatic nitrogens is 1. The maximum absolute atomic E-state index is 12.6. The zero-order valence-electron chi connectivity index (χ0n) is 14.3. The number of nitrogens with zero attached hydrogens (tertiary/aromatic N) is 1. The monoisotopic (exact) mass is 340 g/mol. The molecule has 1 atom stereocenters. The van der Waals surface area contributed by atoms with Crippen LogP contribution in [0.5, 0.6) is 0 Å². The van der Waals surface area contributed by atoms with E-state index >= 15 is 0 Å². The third-order valence-electron chi connectivity index (χ3n) is 5.04. The number of Topliss-reactive ketones (excluding diaryl/α,β-unsaturated/α-hetero) is 1. The van der Waals surface area contributed by atoms with Crippen LogP contribution in [0.4, 0.5) is 6.01 Å². The summed E-state index contributed by atoms with van der Waals surface area (Å²) < 4.78 is 11.1. The van der Waals surface area contributed by atoms with Crippen molar-refractivity contribution in [2.24, 2.45) is 11.8 Å². The van der Waals surface area contributed by atoms with E-state index in [1.807, 2.05) is 12.1 Å². The van der Waals surface area contributed by atoms with Crippen LogP contribution in [0.3, 0.4) is 0 Å². The molecule has 130 valence electrons. The number of ether oxygens (including phenoxy) is 1. The van der Waals surface area contributed by atoms with Crippen molar-refractivity contribution in [3.8, 4) is 0 Å². The number of hydrogen-bond acceptors (Lipinski definition) is 5. The van der Waals surface area contributed by atoms with Crippen molar-refractivity contribution >= 4 is 17.7 Å². The number of amides is 1. The molecule has 0 bridgehead atoms. The number of anilines is 1. The molecule has 6 heteroatoms. The van der Waals surface area contributed by atoms with Crippen molar-refractivity contribution in [2.75, 3.05) is 5.32 Å². The molecule has 1 aliphatic heterocycles. The SMILES string of the molecule is CC(C)C1CC(=O)c2nc(NC(=O)c3cccc4c3COC4)oc2C1. The summed E-state index contributed by atoms with van der Waals surface area (Å²) in [4.78, 5) is 29.1. The highest BCUT2D eigenvalue weighted by Gasteiger charge is 2.32. The van der Waals surface area contributed by atoms with Gasteiger partial charge in [0.1, 0.15) is 11.5 Å². The average molecular weight is 340 g/mol. The summed E-state index contributed by atoms with van der Waals surface area (Å²) in [6, 6.07) is 5.63. The first-order valence-corrected chi connectivity index (χ1v) is 8.55. The van der Waals surface area contributed by atoms with Crippen molar-refractivity contribution < 1.29 is 18.7 Å². The molecule has 1 unspecified atom stereocenters. The van der Waals surface area contributed by atoms with Gasteiger partial charge >= 0.3 is 6.01 Å². The highest BCUT2D eigenvalue weighted by molar-refractivity contribution is 6.05. The van der Waals surface area contributed by atoms with Crippen LogP contribution in [0.1, 0.15) is 58.0 Å². The van der Waals surface area contributed by atoms with Crippen LogP contribution < -0.4 is 5.32 Å². The standard InChI is InChI=1S/C19H20N2O4/c1-10(2)12-6-15(22)17-16(7-12)25-19(20-17)21-18(23)13-5-3-4-11-8-24-9-14(11)13/h3-5,10,12H,6-9H2,1-2H3,(H,20,21,23). The molecule has 4 rings (SSSR count). The van der Waals surface area contributed by atoms with E-state index in [9.17, 15) is 9.59 Å². The Labute approximate surface area is 145 Å². The highest BCUT2D eigenvalue weighted by Crippen LogP contribution is 2.32. The lowest BCUT2D eigenvalue weighted by molar-refractivity contribution is 0.0922. The molecule has 1 aromatic heterocycles. The first kappa shape index (κ1) is 16.0. The summed E-state index contributed by atoms with van der Waals surface area (Å²) in [5, 5.41) is 2.69. The summed E-state index contributed by atoms with van der Waals surface area (Å²) in [5.74, 6) is 0.914. The Hall–Kier alpha value is -2.47. The predicted molar refractivity (Wildman–Crippen MR) is 90.4 cm³/mol. The zero-order valence-corrected chi connectivity index (χ0v) is 14.3. The molecule has 2 aliphatic rings. The Kier molecular flexibility index (Phi) is 3.92. The second kappa shape index (κ2) is 6.11. The topological polar surface area (TPSA) is 81.4 Å². The number of hydrogen-bond donors (Lipinski definition) is 1. The second-order valence-electron chi connectivity index (χ2n) is 7.02. The predicted octanol–water partition coefficient (Wildman–Crippen LogP) is 3.36. The van der Waals surface area contributed by atoms with Gasteiger partial charge in [-0.3, -0.25) is 14.9 Å². The maximum Gasteiger partial charge on any atom is 0.302 e. The molecule has 1 aliphatic carbocycles. The Morgan fingerprint density at radius 3 is 2.92 bits per heavy atom. The minimum atomic E-state index is -0.297. The fourth-order valence-electron chi connectivity index (χ4n) is 3.46. The van der Waals surface area contributed by atoms with E-state index in [1.165, 1.54) is 0 Å². The quantitative estimate of drug-likeness (QED) is 0.926. The molecule has 0 saturated heterocycles. The van der Waals surface area contributed by atoms with Crippen molar-refractivity contribution in [1.29, 1.82) is 0 Å². The van der Waals surface area contributed by atoms with E-state index in [1.54, 1.807) is 6.07 Å². The van der Waals surface area contributed by atoms with Crippen LogP contribution in [0, 0.1) is 11.8 Å². The van der Waals surface area contributed by atoms with E-state index in [0.29, 0.717) is 49.0 Å². The number of ketones is 1. The minimum absolute atomic E-state index is 0.0156. The van der Waals surface area contributed by atoms with Crippen molar-refractivity contribution in [1.82, 2.24) is 4.98 Å². The largest absolute Gasteiger partial charge is 0.428 e. The molecule has 0 spiro atoms. The van der Waals surface area contributed by atoms with Crippen LogP contribution in [0.15, 0.2) is 22.6 Å². The zero-order chi connectivity index (χ0) is 17.6. The van der Waals surface area contributed by atoms with Gasteiger partial charge in [-0.2, -0.15) is 4.98 Å². The van der Waals surface area contributed by atoms with Crippen molar-refractivity contribution in [3.63, 3.8) is 0 Å². The second-order valence-corrected chi connectivity index (χ2v) is 7.02. The van der Waals surface area contributed by atoms with Gasteiger partial charge in [0.05, 0.1) is 13.2 Å². The number of fused-ring (bicyclic) bond motifs is 2. The maximum atomic E-state index is 12.6. The molecule has 0 saturated carbocycles. The molecular weight excluding hydrogens is 320 g/mol. The first-order chi connectivity index (χ1) is 12.0. The number of carbonyl (C=O) groups is 2. The van der Waals surface area contributed by atoms with Gasteiger partial charge in [-0.1, -0.05) is 26.0 Å². The van der Waals surface area contributed by atoms with E-state index in [-0.39, 0.29) is 23.6 Å². The van der Waals surface area contributed by atoms with Crippen molar-refractivity contribution in [3.05, 3.63) is 46.3 Å². The summed E-state index contributed by atoms with van der Waals surface area (Å²) in [7, 11) is 0. The molecular formula is C19H20N2O4. The summed E-state index contributed by atoms with van der Waals surface area (Å²) in [6.45, 7) is 5.14. The molecule has 0 radical (unpaired) electrons. The van der Waals surface area contributed by atoms with Gasteiger partial charge in [-0.15, -0.1) is 0 Å². The van der Waals surface area contributed by atoms with Gasteiger partial charge < -0.3 is 9.15 Å². The van der Waals surface area contributed by atoms with Gasteiger partial charge in [-0.05, 0) is 29.0 Å². The molecule has 1 N–H and O–H groups in total. The number of benzene rings is 1. The van der Waals surface area contributed by atoms with Gasteiger partial charge in [0, 0.05) is 18.4 Å². The number of oxazole rings is 1. The van der Waals surface area contributed by atoms with E-state index in [4.69, 9.17) is 9.15 Å². The normalized spacial score (nSPS) is 19.0. The fourth-order valence-corrected chi connectivity index (χ4v) is 3.46. The molecule has 1 aromatic carbocycles. The summed E-state index contributed by atoms with van der Waals surface area (Å²) >= 11 is 0. The number of carbonyl (C=O) groups excluding carboxylic acids is 2. The average Bonchev–Trinajstić information content (AvgIpc) is 3.20. The molecule has 6 nitrogen and oxygen atoms in total. The Morgan fingerprint density at radius 1 is 1.28 bits per heavy atom. The first-order valence-electron chi connectivity index (χ1n) is 8.55. The van der Waals surface area contributed by atoms with Gasteiger partial charge in [0.2, 0.25) is 0 Å². The van der Waals surface area contributed by atoms with Crippen LogP contribution >= 0.6 is 0 Å². The third-order valence-corrected chi connectivity index (χ3v) is 5.04. The number of nitrogens with one attached hydrogen (secondary N) is 1. The Bertz CT molecular complexity index is 853. The fraction of sp³-hybridized carbons (Fsp3) is 0.421. The Balaban J connectivity index is 1.57. The lowest BCUT2D eigenvalue weighted by Gasteiger charge is -2.22. The molecule has 25 heavy (non-hydrogen) atoms. The minimum Gasteiger partial charge on any atom is -0.428 e. The summed E-state index contributed by atoms with van der Waals surface area (Å²) in [5.41, 5.74) is 2.83. The van der Waals surface area contributed by atoms with E-state index < -0.39 is 0 Å². The third kappa shape index (κ3) is 2.87. The van der Waals surface area contributed by atoms with Crippen LogP contribution in [0.25, 0.3) is 0 Å². The van der Waals surface area contributed by atoms with E-state index in [2.05, 4.69) is 24.1 Å². The summed E-state index contributed by atoms with van der Waals surface area (Å²) in [6.07, 6.45) is 1.16. The highest BCUT2D eigenvalue weighted by atomic mass is 16.5. The van der Waals surface area contributed by atoms with Crippen LogP contribution in [0.2, 0.25) is 0 Å². The van der Waals surface area contributed by atoms with Crippen LogP contribution in [-0.2, 0) is 24.4 Å². The van der Waals surface area contributed by atoms with Crippen LogP contribution in [-0.4, -0.2) is 16.7 Å². The molecule has 0 fully saturated rings. The van der Waals surface area contributed by atoms with Crippen molar-refractivity contribution in [2.45, 2.75) is 39.9 Å². The van der Waals surface area contributed by atoms with E-state index in [0.717, 1.165) is 11.1 Å². The lowest BCUT2D eigenvalue weighted by Crippen LogP contribution is -2.23. The Morgan fingerprint density at radius 2 is 2.12 bits per heavy atom.